The van der Waals surface area contributed by atoms with Crippen molar-refractivity contribution in [3.05, 3.63) is 48.3 Å². The van der Waals surface area contributed by atoms with Crippen LogP contribution < -0.4 is 0 Å². The zero-order valence-electron chi connectivity index (χ0n) is 21.9. The number of piperidine rings is 4. The summed E-state index contributed by atoms with van der Waals surface area (Å²) in [6.07, 6.45) is 18.5. The Morgan fingerprint density at radius 2 is 1.39 bits per heavy atom. The van der Waals surface area contributed by atoms with Crippen LogP contribution in [0.4, 0.5) is 0 Å². The molecule has 0 aliphatic carbocycles. The Labute approximate surface area is 218 Å². The Bertz CT molecular complexity index is 1090. The summed E-state index contributed by atoms with van der Waals surface area (Å²) in [6, 6.07) is 6.46. The molecular weight excluding hydrogens is 468 g/mol. The van der Waals surface area contributed by atoms with E-state index in [9.17, 15) is 4.21 Å². The largest absolute Gasteiger partial charge is 0.472 e. The molecule has 5 nitrogen and oxygen atoms in total. The van der Waals surface area contributed by atoms with Crippen LogP contribution in [0.25, 0.3) is 0 Å². The Morgan fingerprint density at radius 1 is 0.806 bits per heavy atom. The molecule has 1 unspecified atom stereocenters. The van der Waals surface area contributed by atoms with Gasteiger partial charge in [0.15, 0.2) is 0 Å². The first-order valence-corrected chi connectivity index (χ1v) is 15.7. The van der Waals surface area contributed by atoms with Crippen molar-refractivity contribution in [3.8, 4) is 0 Å². The minimum Gasteiger partial charge on any atom is -0.472 e. The molecule has 36 heavy (non-hydrogen) atoms. The Morgan fingerprint density at radius 3 is 1.97 bits per heavy atom. The maximum Gasteiger partial charge on any atom is 0.0950 e. The Hall–Kier alpha value is -1.37. The van der Waals surface area contributed by atoms with Crippen LogP contribution in [0.15, 0.2) is 46.0 Å². The Kier molecular flexibility index (Phi) is 5.83. The SMILES string of the molecule is C[C@@H]1CC[C@@H](c2ccoc2)N2C[C@@]3(CC[C@@H]12)CS(=O)[C@]1(CC[C@H]2[C@H](C)CC[C@@H](c4ccoc4)N2C1)C3. The van der Waals surface area contributed by atoms with Gasteiger partial charge in [0.1, 0.15) is 0 Å². The van der Waals surface area contributed by atoms with Gasteiger partial charge in [0, 0.05) is 64.9 Å². The van der Waals surface area contributed by atoms with Crippen LogP contribution in [-0.4, -0.2) is 49.7 Å². The lowest BCUT2D eigenvalue weighted by Gasteiger charge is -2.55. The summed E-state index contributed by atoms with van der Waals surface area (Å²) in [6.45, 7) is 6.99. The van der Waals surface area contributed by atoms with E-state index in [0.29, 0.717) is 24.2 Å². The van der Waals surface area contributed by atoms with Gasteiger partial charge in [0.2, 0.25) is 0 Å². The summed E-state index contributed by atoms with van der Waals surface area (Å²) in [7, 11) is -0.772. The lowest BCUT2D eigenvalue weighted by atomic mass is 9.67. The molecular formula is C30H42N2O3S. The molecule has 0 amide bonds. The average Bonchev–Trinajstić information content (AvgIpc) is 3.63. The van der Waals surface area contributed by atoms with Crippen molar-refractivity contribution in [1.82, 2.24) is 9.80 Å². The van der Waals surface area contributed by atoms with Gasteiger partial charge in [-0.1, -0.05) is 13.8 Å². The zero-order valence-corrected chi connectivity index (χ0v) is 22.8. The van der Waals surface area contributed by atoms with Crippen LogP contribution in [-0.2, 0) is 10.8 Å². The van der Waals surface area contributed by atoms with Crippen molar-refractivity contribution >= 4 is 10.8 Å². The predicted octanol–water partition coefficient (Wildman–Crippen LogP) is 6.32. The van der Waals surface area contributed by atoms with Gasteiger partial charge in [0.05, 0.1) is 29.8 Å². The lowest BCUT2D eigenvalue weighted by Crippen LogP contribution is -2.58. The van der Waals surface area contributed by atoms with Gasteiger partial charge in [-0.05, 0) is 87.2 Å². The molecule has 5 fully saturated rings. The van der Waals surface area contributed by atoms with Crippen LogP contribution in [0.3, 0.4) is 0 Å². The van der Waals surface area contributed by atoms with Crippen molar-refractivity contribution < 1.29 is 13.0 Å². The highest BCUT2D eigenvalue weighted by Gasteiger charge is 2.59. The minimum absolute atomic E-state index is 0.0467. The van der Waals surface area contributed by atoms with E-state index in [1.807, 2.05) is 25.1 Å². The van der Waals surface area contributed by atoms with E-state index in [1.165, 1.54) is 56.1 Å². The third-order valence-corrected chi connectivity index (χ3v) is 13.4. The van der Waals surface area contributed by atoms with E-state index in [2.05, 4.69) is 35.8 Å². The van der Waals surface area contributed by atoms with Crippen LogP contribution >= 0.6 is 0 Å². The molecule has 2 spiro atoms. The third kappa shape index (κ3) is 3.72. The average molecular weight is 511 g/mol. The van der Waals surface area contributed by atoms with Gasteiger partial charge >= 0.3 is 0 Å². The van der Waals surface area contributed by atoms with Crippen LogP contribution in [0.2, 0.25) is 0 Å². The van der Waals surface area contributed by atoms with Gasteiger partial charge in [-0.2, -0.15) is 0 Å². The molecule has 2 aromatic heterocycles. The molecule has 2 aromatic rings. The van der Waals surface area contributed by atoms with Crippen LogP contribution in [0, 0.1) is 17.3 Å². The fraction of sp³-hybridized carbons (Fsp3) is 0.733. The number of furan rings is 2. The fourth-order valence-electron chi connectivity index (χ4n) is 9.26. The van der Waals surface area contributed by atoms with E-state index in [0.717, 1.165) is 43.5 Å². The highest BCUT2D eigenvalue weighted by molar-refractivity contribution is 7.86. The van der Waals surface area contributed by atoms with Gasteiger partial charge in [-0.15, -0.1) is 0 Å². The smallest absolute Gasteiger partial charge is 0.0950 e. The number of hydrogen-bond acceptors (Lipinski definition) is 5. The molecule has 5 aliphatic rings. The molecule has 0 saturated carbocycles. The minimum atomic E-state index is -0.772. The predicted molar refractivity (Wildman–Crippen MR) is 142 cm³/mol. The van der Waals surface area contributed by atoms with Crippen molar-refractivity contribution in [1.29, 1.82) is 0 Å². The second kappa shape index (κ2) is 8.84. The maximum absolute atomic E-state index is 14.1. The fourth-order valence-corrected chi connectivity index (χ4v) is 11.6. The molecule has 5 saturated heterocycles. The van der Waals surface area contributed by atoms with Crippen LogP contribution in [0.5, 0.6) is 0 Å². The summed E-state index contributed by atoms with van der Waals surface area (Å²) in [5, 5.41) is 0. The molecule has 0 N–H and O–H groups in total. The van der Waals surface area contributed by atoms with Gasteiger partial charge < -0.3 is 8.83 Å². The van der Waals surface area contributed by atoms with Crippen molar-refractivity contribution in [2.75, 3.05) is 18.8 Å². The summed E-state index contributed by atoms with van der Waals surface area (Å²) in [5.74, 6) is 2.36. The molecule has 196 valence electrons. The van der Waals surface area contributed by atoms with Crippen molar-refractivity contribution in [2.45, 2.75) is 101 Å². The second-order valence-electron chi connectivity index (χ2n) is 13.2. The standard InChI is InChI=1S/C30H42N2O3S/c1-21-3-5-27(23-9-13-34-15-23)31-18-29(11-7-25(21)31)17-30(36(33)20-29)12-8-26-22(2)4-6-28(32(26)19-30)24-10-14-35-16-24/h9-10,13-16,21-22,25-28H,3-8,11-12,17-20H2,1-2H3/t21-,22-,25+,26+,27+,28+,29+,30-,36?/m1/s1. The highest BCUT2D eigenvalue weighted by atomic mass is 32.2. The molecule has 7 heterocycles. The molecule has 7 rings (SSSR count). The molecule has 5 aliphatic heterocycles. The summed E-state index contributed by atoms with van der Waals surface area (Å²) in [4.78, 5) is 5.59. The number of nitrogens with zero attached hydrogens (tertiary/aromatic N) is 2. The molecule has 9 atom stereocenters. The van der Waals surface area contributed by atoms with Gasteiger partial charge in [-0.25, -0.2) is 0 Å². The van der Waals surface area contributed by atoms with Gasteiger partial charge in [-0.3, -0.25) is 14.0 Å². The Balaban J connectivity index is 1.16. The first-order chi connectivity index (χ1) is 17.5. The second-order valence-corrected chi connectivity index (χ2v) is 15.0. The topological polar surface area (TPSA) is 49.8 Å². The number of rotatable bonds is 2. The number of fused-ring (bicyclic) bond motifs is 2. The summed E-state index contributed by atoms with van der Waals surface area (Å²) in [5.41, 5.74) is 2.84. The third-order valence-electron chi connectivity index (χ3n) is 11.1. The molecule has 0 radical (unpaired) electrons. The quantitative estimate of drug-likeness (QED) is 0.473. The van der Waals surface area contributed by atoms with E-state index in [1.54, 1.807) is 0 Å². The van der Waals surface area contributed by atoms with Gasteiger partial charge in [0.25, 0.3) is 0 Å². The van der Waals surface area contributed by atoms with Crippen molar-refractivity contribution in [3.63, 3.8) is 0 Å². The van der Waals surface area contributed by atoms with Crippen molar-refractivity contribution in [2.24, 2.45) is 17.3 Å². The molecule has 0 bridgehead atoms. The summed E-state index contributed by atoms with van der Waals surface area (Å²) >= 11 is 0. The molecule has 6 heteroatoms. The molecule has 0 aromatic carbocycles. The maximum atomic E-state index is 14.1. The lowest BCUT2D eigenvalue weighted by molar-refractivity contribution is -0.0454. The van der Waals surface area contributed by atoms with E-state index >= 15 is 0 Å². The monoisotopic (exact) mass is 510 g/mol. The van der Waals surface area contributed by atoms with E-state index in [-0.39, 0.29) is 10.2 Å². The normalized spacial score (nSPS) is 45.7. The first-order valence-electron chi connectivity index (χ1n) is 14.4. The highest BCUT2D eigenvalue weighted by Crippen LogP contribution is 2.56. The summed E-state index contributed by atoms with van der Waals surface area (Å²) < 4.78 is 25.1. The number of hydrogen-bond donors (Lipinski definition) is 0. The van der Waals surface area contributed by atoms with E-state index < -0.39 is 10.8 Å². The first kappa shape index (κ1) is 23.7. The van der Waals surface area contributed by atoms with Crippen LogP contribution in [0.1, 0.15) is 94.8 Å². The van der Waals surface area contributed by atoms with E-state index in [4.69, 9.17) is 8.83 Å². The zero-order chi connectivity index (χ0) is 24.5.